The lowest BCUT2D eigenvalue weighted by molar-refractivity contribution is -0.135. The van der Waals surface area contributed by atoms with Gasteiger partial charge in [-0.2, -0.15) is 13.2 Å². The normalized spacial score (nSPS) is 12.0. The fraction of sp³-hybridized carbons (Fsp3) is 1.00. The number of rotatable bonds is 10. The highest BCUT2D eigenvalue weighted by molar-refractivity contribution is 4.54. The summed E-state index contributed by atoms with van der Waals surface area (Å²) in [6, 6.07) is 0. The molecule has 0 amide bonds. The minimum Gasteiger partial charge on any atom is -0.317 e. The first-order chi connectivity index (χ1) is 7.56. The smallest absolute Gasteiger partial charge is 0.317 e. The molecule has 0 spiro atoms. The fourth-order valence-electron chi connectivity index (χ4n) is 1.55. The van der Waals surface area contributed by atoms with Gasteiger partial charge in [-0.15, -0.1) is 0 Å². The Labute approximate surface area is 96.8 Å². The van der Waals surface area contributed by atoms with Gasteiger partial charge >= 0.3 is 6.18 Å². The van der Waals surface area contributed by atoms with Crippen LogP contribution >= 0.6 is 0 Å². The maximum atomic E-state index is 11.8. The molecule has 0 saturated heterocycles. The molecule has 0 saturated carbocycles. The highest BCUT2D eigenvalue weighted by atomic mass is 19.4. The molecular weight excluding hydrogens is 215 g/mol. The van der Waals surface area contributed by atoms with Gasteiger partial charge in [0.15, 0.2) is 0 Å². The van der Waals surface area contributed by atoms with Crippen molar-refractivity contribution in [3.8, 4) is 0 Å². The van der Waals surface area contributed by atoms with Crippen LogP contribution in [0.5, 0.6) is 0 Å². The second kappa shape index (κ2) is 9.94. The molecular formula is C12H24F3N. The van der Waals surface area contributed by atoms with E-state index in [1.54, 1.807) is 0 Å². The lowest BCUT2D eigenvalue weighted by atomic mass is 10.1. The van der Waals surface area contributed by atoms with Gasteiger partial charge in [-0.3, -0.25) is 0 Å². The molecule has 0 aliphatic carbocycles. The summed E-state index contributed by atoms with van der Waals surface area (Å²) < 4.78 is 35.4. The van der Waals surface area contributed by atoms with Crippen LogP contribution in [0.2, 0.25) is 0 Å². The van der Waals surface area contributed by atoms with Crippen molar-refractivity contribution >= 4 is 0 Å². The lowest BCUT2D eigenvalue weighted by Crippen LogP contribution is -2.17. The molecule has 0 rings (SSSR count). The largest absolute Gasteiger partial charge is 0.389 e. The highest BCUT2D eigenvalue weighted by Crippen LogP contribution is 2.21. The summed E-state index contributed by atoms with van der Waals surface area (Å²) >= 11 is 0. The Bertz CT molecular complexity index is 146. The predicted molar refractivity (Wildman–Crippen MR) is 61.5 cm³/mol. The molecule has 16 heavy (non-hydrogen) atoms. The van der Waals surface area contributed by atoms with Gasteiger partial charge in [-0.25, -0.2) is 0 Å². The topological polar surface area (TPSA) is 12.0 Å². The van der Waals surface area contributed by atoms with Gasteiger partial charge in [0.2, 0.25) is 0 Å². The van der Waals surface area contributed by atoms with E-state index in [4.69, 9.17) is 0 Å². The first-order valence-corrected chi connectivity index (χ1v) is 6.33. The van der Waals surface area contributed by atoms with Gasteiger partial charge in [0, 0.05) is 6.42 Å². The van der Waals surface area contributed by atoms with Crippen molar-refractivity contribution in [1.82, 2.24) is 5.32 Å². The number of alkyl halides is 3. The molecule has 0 aliphatic rings. The molecule has 0 unspecified atom stereocenters. The fourth-order valence-corrected chi connectivity index (χ4v) is 1.55. The van der Waals surface area contributed by atoms with Crippen LogP contribution in [0, 0.1) is 0 Å². The summed E-state index contributed by atoms with van der Waals surface area (Å²) in [7, 11) is 0. The minimum absolute atomic E-state index is 0.242. The van der Waals surface area contributed by atoms with Crippen LogP contribution in [-0.2, 0) is 0 Å². The average molecular weight is 239 g/mol. The zero-order valence-electron chi connectivity index (χ0n) is 10.2. The van der Waals surface area contributed by atoms with E-state index in [1.807, 2.05) is 0 Å². The van der Waals surface area contributed by atoms with E-state index in [9.17, 15) is 13.2 Å². The Morgan fingerprint density at radius 3 is 1.94 bits per heavy atom. The summed E-state index contributed by atoms with van der Waals surface area (Å²) in [5.41, 5.74) is 0. The van der Waals surface area contributed by atoms with Crippen LogP contribution in [0.25, 0.3) is 0 Å². The van der Waals surface area contributed by atoms with Crippen molar-refractivity contribution < 1.29 is 13.2 Å². The van der Waals surface area contributed by atoms with E-state index >= 15 is 0 Å². The van der Waals surface area contributed by atoms with Crippen LogP contribution in [-0.4, -0.2) is 19.3 Å². The number of hydrogen-bond donors (Lipinski definition) is 1. The van der Waals surface area contributed by atoms with E-state index in [2.05, 4.69) is 12.2 Å². The van der Waals surface area contributed by atoms with Gasteiger partial charge in [0.25, 0.3) is 0 Å². The molecule has 0 aromatic rings. The monoisotopic (exact) mass is 239 g/mol. The van der Waals surface area contributed by atoms with Crippen molar-refractivity contribution in [3.05, 3.63) is 0 Å². The molecule has 0 atom stereocenters. The maximum absolute atomic E-state index is 11.8. The van der Waals surface area contributed by atoms with Crippen molar-refractivity contribution in [2.75, 3.05) is 13.1 Å². The first kappa shape index (κ1) is 15.8. The van der Waals surface area contributed by atoms with Crippen molar-refractivity contribution in [3.63, 3.8) is 0 Å². The predicted octanol–water partition coefficient (Wildman–Crippen LogP) is 4.28. The SMILES string of the molecule is CCCCCCCNCCCCC(F)(F)F. The molecule has 1 N–H and O–H groups in total. The minimum atomic E-state index is -3.99. The van der Waals surface area contributed by atoms with Crippen LogP contribution < -0.4 is 5.32 Å². The Morgan fingerprint density at radius 2 is 1.38 bits per heavy atom. The summed E-state index contributed by atoms with van der Waals surface area (Å²) in [6.45, 7) is 3.83. The van der Waals surface area contributed by atoms with Gasteiger partial charge < -0.3 is 5.32 Å². The van der Waals surface area contributed by atoms with E-state index in [0.717, 1.165) is 13.0 Å². The summed E-state index contributed by atoms with van der Waals surface area (Å²) in [5, 5.41) is 3.18. The Kier molecular flexibility index (Phi) is 9.78. The second-order valence-corrected chi connectivity index (χ2v) is 4.24. The number of unbranched alkanes of at least 4 members (excludes halogenated alkanes) is 5. The number of hydrogen-bond acceptors (Lipinski definition) is 1. The Morgan fingerprint density at radius 1 is 0.812 bits per heavy atom. The van der Waals surface area contributed by atoms with Crippen LogP contribution in [0.1, 0.15) is 58.3 Å². The molecule has 0 aromatic heterocycles. The third-order valence-electron chi connectivity index (χ3n) is 2.52. The molecule has 0 fully saturated rings. The third kappa shape index (κ3) is 13.8. The molecule has 0 radical (unpaired) electrons. The molecule has 0 aliphatic heterocycles. The molecule has 0 heterocycles. The standard InChI is InChI=1S/C12H24F3N/c1-2-3-4-5-7-10-16-11-8-6-9-12(13,14)15/h16H,2-11H2,1H3. The average Bonchev–Trinajstić information content (AvgIpc) is 2.19. The van der Waals surface area contributed by atoms with Gasteiger partial charge in [-0.05, 0) is 32.4 Å². The quantitative estimate of drug-likeness (QED) is 0.561. The summed E-state index contributed by atoms with van der Waals surface area (Å²) in [5.74, 6) is 0. The van der Waals surface area contributed by atoms with Gasteiger partial charge in [0.05, 0.1) is 0 Å². The van der Waals surface area contributed by atoms with Gasteiger partial charge in [0.1, 0.15) is 0 Å². The third-order valence-corrected chi connectivity index (χ3v) is 2.52. The molecule has 98 valence electrons. The van der Waals surface area contributed by atoms with Crippen LogP contribution in [0.15, 0.2) is 0 Å². The Hall–Kier alpha value is -0.250. The highest BCUT2D eigenvalue weighted by Gasteiger charge is 2.25. The zero-order chi connectivity index (χ0) is 12.3. The van der Waals surface area contributed by atoms with Crippen LogP contribution in [0.4, 0.5) is 13.2 Å². The first-order valence-electron chi connectivity index (χ1n) is 6.33. The zero-order valence-corrected chi connectivity index (χ0v) is 10.2. The molecule has 0 bridgehead atoms. The van der Waals surface area contributed by atoms with Crippen molar-refractivity contribution in [2.24, 2.45) is 0 Å². The molecule has 4 heteroatoms. The van der Waals surface area contributed by atoms with Crippen molar-refractivity contribution in [2.45, 2.75) is 64.5 Å². The van der Waals surface area contributed by atoms with Gasteiger partial charge in [-0.1, -0.05) is 32.6 Å². The molecule has 0 aromatic carbocycles. The molecule has 1 nitrogen and oxygen atoms in total. The number of halogens is 3. The summed E-state index contributed by atoms with van der Waals surface area (Å²) in [6.07, 6.45) is 2.39. The van der Waals surface area contributed by atoms with E-state index in [1.165, 1.54) is 25.7 Å². The lowest BCUT2D eigenvalue weighted by Gasteiger charge is -2.06. The maximum Gasteiger partial charge on any atom is 0.389 e. The summed E-state index contributed by atoms with van der Waals surface area (Å²) in [4.78, 5) is 0. The number of nitrogens with one attached hydrogen (secondary N) is 1. The van der Waals surface area contributed by atoms with E-state index < -0.39 is 12.6 Å². The second-order valence-electron chi connectivity index (χ2n) is 4.24. The van der Waals surface area contributed by atoms with Crippen molar-refractivity contribution in [1.29, 1.82) is 0 Å². The van der Waals surface area contributed by atoms with Crippen LogP contribution in [0.3, 0.4) is 0 Å². The van der Waals surface area contributed by atoms with E-state index in [0.29, 0.717) is 13.0 Å². The van der Waals surface area contributed by atoms with E-state index in [-0.39, 0.29) is 6.42 Å². The Balaban J connectivity index is 2.99.